The molecule has 0 unspecified atom stereocenters. The Morgan fingerprint density at radius 1 is 0.630 bits per heavy atom. The third-order valence-corrected chi connectivity index (χ3v) is 3.99. The first-order valence-electron chi connectivity index (χ1n) is 9.86. The molecule has 0 aromatic carbocycles. The van der Waals surface area contributed by atoms with Crippen LogP contribution in [0.4, 0.5) is 0 Å². The monoisotopic (exact) mass is 502 g/mol. The van der Waals surface area contributed by atoms with Gasteiger partial charge in [-0.2, -0.15) is 0 Å². The number of unbranched alkanes of at least 4 members (excludes halogenated alkanes) is 4. The van der Waals surface area contributed by atoms with Gasteiger partial charge in [0.2, 0.25) is 0 Å². The average Bonchev–Trinajstić information content (AvgIpc) is 2.59. The molecule has 0 saturated heterocycles. The van der Waals surface area contributed by atoms with Crippen molar-refractivity contribution < 1.29 is 19.5 Å². The number of hydrogen-bond acceptors (Lipinski definition) is 6. The Balaban J connectivity index is -0.000000411. The number of nitrogens with zero attached hydrogens (tertiary/aromatic N) is 2. The maximum Gasteiger partial charge on any atom is 2.00 e. The van der Waals surface area contributed by atoms with Crippen LogP contribution >= 0.6 is 24.4 Å². The van der Waals surface area contributed by atoms with Crippen LogP contribution in [0.15, 0.2) is 0 Å². The minimum Gasteiger partial charge on any atom is -0.410 e. The third-order valence-electron chi connectivity index (χ3n) is 3.63. The van der Waals surface area contributed by atoms with E-state index in [0.717, 1.165) is 26.2 Å². The molecular formula is C18H38N4S4Zn. The van der Waals surface area contributed by atoms with Gasteiger partial charge in [-0.1, -0.05) is 53.4 Å². The minimum atomic E-state index is 0. The van der Waals surface area contributed by atoms with E-state index in [-0.39, 0.29) is 19.5 Å². The summed E-state index contributed by atoms with van der Waals surface area (Å²) in [7, 11) is 0. The van der Waals surface area contributed by atoms with Gasteiger partial charge in [0.1, 0.15) is 0 Å². The van der Waals surface area contributed by atoms with Gasteiger partial charge in [0.15, 0.2) is 0 Å². The van der Waals surface area contributed by atoms with Crippen molar-refractivity contribution in [2.24, 2.45) is 0 Å². The molecular weight excluding hydrogens is 466 g/mol. The van der Waals surface area contributed by atoms with Crippen molar-refractivity contribution in [3.63, 3.8) is 0 Å². The van der Waals surface area contributed by atoms with E-state index in [1.807, 2.05) is 0 Å². The number of thiocarbonyl (C=S) groups is 2. The van der Waals surface area contributed by atoms with Crippen molar-refractivity contribution in [3.8, 4) is 0 Å². The van der Waals surface area contributed by atoms with Gasteiger partial charge in [-0.05, 0) is 34.3 Å². The standard InChI is InChI=1S/2C9H20N2S2.Zn/c2*1-3-5-7-11(8-6-4-2)10-9(12)13;/h2*3-8H2,1-2H3,(H2,10,12,13);/q;;+2/p-2. The molecule has 0 rings (SSSR count). The summed E-state index contributed by atoms with van der Waals surface area (Å²) in [6, 6.07) is 0. The zero-order chi connectivity index (χ0) is 20.2. The van der Waals surface area contributed by atoms with Crippen LogP contribution < -0.4 is 10.9 Å². The van der Waals surface area contributed by atoms with Crippen LogP contribution in [0.25, 0.3) is 0 Å². The Bertz CT molecular complexity index is 301. The Labute approximate surface area is 202 Å². The molecule has 0 aliphatic rings. The van der Waals surface area contributed by atoms with Crippen LogP contribution in [-0.2, 0) is 44.7 Å². The molecule has 0 radical (unpaired) electrons. The molecule has 0 bridgehead atoms. The predicted octanol–water partition coefficient (Wildman–Crippen LogP) is 4.45. The summed E-state index contributed by atoms with van der Waals surface area (Å²) in [5, 5.41) is 4.25. The van der Waals surface area contributed by atoms with Gasteiger partial charge in [-0.25, -0.2) is 10.0 Å². The van der Waals surface area contributed by atoms with Crippen molar-refractivity contribution in [1.82, 2.24) is 20.9 Å². The summed E-state index contributed by atoms with van der Waals surface area (Å²) in [5.74, 6) is 0. The molecule has 0 aliphatic carbocycles. The second-order valence-electron chi connectivity index (χ2n) is 6.19. The third kappa shape index (κ3) is 26.8. The Hall–Kier alpha value is 0.763. The Kier molecular flexibility index (Phi) is 29.8. The van der Waals surface area contributed by atoms with Crippen molar-refractivity contribution >= 4 is 58.3 Å². The van der Waals surface area contributed by atoms with E-state index in [1.54, 1.807) is 0 Å². The number of hydrogen-bond donors (Lipinski definition) is 2. The predicted molar refractivity (Wildman–Crippen MR) is 129 cm³/mol. The van der Waals surface area contributed by atoms with Gasteiger partial charge in [0, 0.05) is 26.2 Å². The smallest absolute Gasteiger partial charge is 0.410 e. The van der Waals surface area contributed by atoms with Gasteiger partial charge >= 0.3 is 19.5 Å². The molecule has 0 spiro atoms. The van der Waals surface area contributed by atoms with Gasteiger partial charge < -0.3 is 60.5 Å². The Morgan fingerprint density at radius 3 is 1.00 bits per heavy atom. The summed E-state index contributed by atoms with van der Waals surface area (Å²) in [5.41, 5.74) is 6.06. The SMILES string of the molecule is CCCCN(CCCC)NC(=S)[S-].CCCCN(CCCC)NC(=S)[S-].[Zn+2]. The molecule has 9 heteroatoms. The zero-order valence-corrected chi connectivity index (χ0v) is 24.0. The number of nitrogens with one attached hydrogen (secondary N) is 2. The van der Waals surface area contributed by atoms with E-state index in [2.05, 4.69) is 48.6 Å². The molecule has 0 aliphatic heterocycles. The molecule has 0 atom stereocenters. The van der Waals surface area contributed by atoms with Crippen molar-refractivity contribution in [2.75, 3.05) is 26.2 Å². The van der Waals surface area contributed by atoms with Crippen LogP contribution in [0.5, 0.6) is 0 Å². The summed E-state index contributed by atoms with van der Waals surface area (Å²) >= 11 is 19.3. The van der Waals surface area contributed by atoms with Gasteiger partial charge in [-0.3, -0.25) is 0 Å². The minimum absolute atomic E-state index is 0. The molecule has 0 aromatic rings. The molecule has 0 saturated carbocycles. The molecule has 0 aromatic heterocycles. The number of rotatable bonds is 14. The van der Waals surface area contributed by atoms with E-state index in [1.165, 1.54) is 51.4 Å². The van der Waals surface area contributed by atoms with Crippen LogP contribution in [-0.4, -0.2) is 44.8 Å². The van der Waals surface area contributed by atoms with E-state index >= 15 is 0 Å². The second kappa shape index (κ2) is 24.8. The van der Waals surface area contributed by atoms with Crippen LogP contribution in [0, 0.1) is 0 Å². The van der Waals surface area contributed by atoms with E-state index in [9.17, 15) is 0 Å². The normalized spacial score (nSPS) is 10.0. The van der Waals surface area contributed by atoms with Crippen LogP contribution in [0.2, 0.25) is 0 Å². The molecule has 0 amide bonds. The second-order valence-corrected chi connectivity index (χ2v) is 8.34. The van der Waals surface area contributed by atoms with Gasteiger partial charge in [0.05, 0.1) is 0 Å². The first-order valence-corrected chi connectivity index (χ1v) is 11.5. The first-order chi connectivity index (χ1) is 12.4. The van der Waals surface area contributed by atoms with Crippen molar-refractivity contribution in [3.05, 3.63) is 0 Å². The fraction of sp³-hybridized carbons (Fsp3) is 0.889. The average molecular weight is 504 g/mol. The largest absolute Gasteiger partial charge is 2.00 e. The topological polar surface area (TPSA) is 30.5 Å². The molecule has 2 N–H and O–H groups in total. The van der Waals surface area contributed by atoms with Gasteiger partial charge in [-0.15, -0.1) is 0 Å². The molecule has 4 nitrogen and oxygen atoms in total. The maximum absolute atomic E-state index is 4.83. The van der Waals surface area contributed by atoms with E-state index in [0.29, 0.717) is 8.64 Å². The maximum atomic E-state index is 4.83. The summed E-state index contributed by atoms with van der Waals surface area (Å²) < 4.78 is 0.902. The molecule has 0 fully saturated rings. The van der Waals surface area contributed by atoms with Crippen molar-refractivity contribution in [1.29, 1.82) is 0 Å². The summed E-state index contributed by atoms with van der Waals surface area (Å²) in [6.45, 7) is 12.9. The quantitative estimate of drug-likeness (QED) is 0.156. The van der Waals surface area contributed by atoms with E-state index < -0.39 is 0 Å². The Morgan fingerprint density at radius 2 is 0.852 bits per heavy atom. The fourth-order valence-corrected chi connectivity index (χ4v) is 2.62. The van der Waals surface area contributed by atoms with Crippen molar-refractivity contribution in [2.45, 2.75) is 79.1 Å². The molecule has 0 heterocycles. The van der Waals surface area contributed by atoms with E-state index in [4.69, 9.17) is 49.7 Å². The molecule has 27 heavy (non-hydrogen) atoms. The molecule has 156 valence electrons. The van der Waals surface area contributed by atoms with Gasteiger partial charge in [0.25, 0.3) is 0 Å². The number of hydrazine groups is 2. The van der Waals surface area contributed by atoms with Crippen LogP contribution in [0.3, 0.4) is 0 Å². The summed E-state index contributed by atoms with van der Waals surface area (Å²) in [6.07, 6.45) is 9.57. The fourth-order valence-electron chi connectivity index (χ4n) is 2.10. The van der Waals surface area contributed by atoms with Crippen LogP contribution in [0.1, 0.15) is 79.1 Å². The first kappa shape index (κ1) is 32.4. The summed E-state index contributed by atoms with van der Waals surface area (Å²) in [4.78, 5) is 0. The zero-order valence-electron chi connectivity index (χ0n) is 17.7.